The molecule has 0 spiro atoms. The van der Waals surface area contributed by atoms with Crippen LogP contribution in [-0.4, -0.2) is 11.4 Å². The molecule has 1 aliphatic rings. The monoisotopic (exact) mass is 454 g/mol. The van der Waals surface area contributed by atoms with Crippen LogP contribution in [0.15, 0.2) is 60.7 Å². The van der Waals surface area contributed by atoms with Gasteiger partial charge >= 0.3 is 0 Å². The normalized spacial score (nSPS) is 22.0. The zero-order chi connectivity index (χ0) is 19.5. The Morgan fingerprint density at radius 3 is 2.19 bits per heavy atom. The molecule has 0 bridgehead atoms. The molecule has 0 amide bonds. The van der Waals surface area contributed by atoms with E-state index in [9.17, 15) is 0 Å². The summed E-state index contributed by atoms with van der Waals surface area (Å²) in [5.41, 5.74) is 4.24. The maximum absolute atomic E-state index is 8.36. The van der Waals surface area contributed by atoms with Crippen LogP contribution in [0.3, 0.4) is 0 Å². The van der Waals surface area contributed by atoms with Crippen LogP contribution in [0.1, 0.15) is 46.6 Å². The van der Waals surface area contributed by atoms with E-state index in [0.717, 1.165) is 0 Å². The molecule has 0 saturated carbocycles. The van der Waals surface area contributed by atoms with Crippen LogP contribution < -0.4 is 0 Å². The molecule has 1 aromatic rings. The van der Waals surface area contributed by atoms with Gasteiger partial charge in [-0.25, -0.2) is 0 Å². The Morgan fingerprint density at radius 1 is 1.15 bits per heavy atom. The molecule has 2 unspecified atom stereocenters. The number of hydrogen-bond acceptors (Lipinski definition) is 2. The van der Waals surface area contributed by atoms with E-state index in [1.165, 1.54) is 16.7 Å². The summed E-state index contributed by atoms with van der Waals surface area (Å²) in [6.45, 7) is 14.8. The van der Waals surface area contributed by atoms with E-state index in [2.05, 4.69) is 70.7 Å². The van der Waals surface area contributed by atoms with Crippen LogP contribution >= 0.6 is 0 Å². The second-order valence-corrected chi connectivity index (χ2v) is 8.04. The van der Waals surface area contributed by atoms with Gasteiger partial charge in [-0.2, -0.15) is 0 Å². The average Bonchev–Trinajstić information content (AvgIpc) is 2.61. The van der Waals surface area contributed by atoms with Gasteiger partial charge in [-0.15, -0.1) is 6.58 Å². The van der Waals surface area contributed by atoms with Crippen molar-refractivity contribution >= 4 is 17.0 Å². The number of benzene rings is 1. The third kappa shape index (κ3) is 4.84. The topological polar surface area (TPSA) is 47.7 Å². The third-order valence-corrected chi connectivity index (χ3v) is 5.54. The van der Waals surface area contributed by atoms with Crippen molar-refractivity contribution in [2.24, 2.45) is 23.2 Å². The van der Waals surface area contributed by atoms with Crippen molar-refractivity contribution in [3.8, 4) is 0 Å². The third-order valence-electron chi connectivity index (χ3n) is 5.54. The molecule has 0 radical (unpaired) electrons. The van der Waals surface area contributed by atoms with E-state index in [1.807, 2.05) is 12.1 Å². The fourth-order valence-corrected chi connectivity index (χ4v) is 4.16. The summed E-state index contributed by atoms with van der Waals surface area (Å²) < 4.78 is 0. The molecule has 27 heavy (non-hydrogen) atoms. The first-order valence-electron chi connectivity index (χ1n) is 9.48. The molecule has 0 aromatic heterocycles. The van der Waals surface area contributed by atoms with Gasteiger partial charge in [0.2, 0.25) is 0 Å². The van der Waals surface area contributed by atoms with Gasteiger partial charge in [0.25, 0.3) is 0 Å². The summed E-state index contributed by atoms with van der Waals surface area (Å²) in [6.07, 6.45) is 7.24. The van der Waals surface area contributed by atoms with Crippen LogP contribution in [0.5, 0.6) is 0 Å². The second-order valence-electron chi connectivity index (χ2n) is 8.04. The van der Waals surface area contributed by atoms with E-state index in [-0.39, 0.29) is 31.8 Å². The molecule has 1 aliphatic carbocycles. The van der Waals surface area contributed by atoms with Crippen molar-refractivity contribution in [3.05, 3.63) is 66.3 Å². The summed E-state index contributed by atoms with van der Waals surface area (Å²) in [4.78, 5) is 0. The first-order valence-corrected chi connectivity index (χ1v) is 9.48. The standard InChI is InChI=1S/C24H32N2.Pd/c1-7-24(15-23(26)18(6)25)21(16(2)3)13-20(14-22(24)17(4)5)19-11-9-8-10-12-19;/h7-14,16-17,21,25-26H,1,15H2,2-6H3;. The molecule has 0 saturated heterocycles. The summed E-state index contributed by atoms with van der Waals surface area (Å²) in [5.74, 6) is 1.01. The Bertz CT molecular complexity index is 756. The van der Waals surface area contributed by atoms with E-state index in [1.54, 1.807) is 6.92 Å². The average molecular weight is 455 g/mol. The molecule has 2 atom stereocenters. The molecule has 2 rings (SSSR count). The minimum Gasteiger partial charge on any atom is -0.304 e. The van der Waals surface area contributed by atoms with E-state index < -0.39 is 0 Å². The summed E-state index contributed by atoms with van der Waals surface area (Å²) in [7, 11) is 0. The minimum atomic E-state index is -0.306. The smallest absolute Gasteiger partial charge is 0.0530 e. The van der Waals surface area contributed by atoms with Crippen molar-refractivity contribution in [3.63, 3.8) is 0 Å². The Kier molecular flexibility index (Phi) is 8.33. The molecule has 3 heteroatoms. The summed E-state index contributed by atoms with van der Waals surface area (Å²) in [6, 6.07) is 10.5. The fourth-order valence-electron chi connectivity index (χ4n) is 4.16. The van der Waals surface area contributed by atoms with Crippen LogP contribution in [0.25, 0.3) is 5.57 Å². The van der Waals surface area contributed by atoms with Gasteiger partial charge in [-0.1, -0.05) is 81.8 Å². The molecule has 2 N–H and O–H groups in total. The van der Waals surface area contributed by atoms with Gasteiger partial charge in [-0.05, 0) is 35.8 Å². The van der Waals surface area contributed by atoms with Crippen LogP contribution in [0, 0.1) is 34.0 Å². The molecule has 2 nitrogen and oxygen atoms in total. The predicted molar refractivity (Wildman–Crippen MR) is 114 cm³/mol. The fraction of sp³-hybridized carbons (Fsp3) is 0.417. The van der Waals surface area contributed by atoms with Crippen molar-refractivity contribution < 1.29 is 20.4 Å². The van der Waals surface area contributed by atoms with Gasteiger partial charge < -0.3 is 10.8 Å². The molecule has 0 fully saturated rings. The Labute approximate surface area is 178 Å². The van der Waals surface area contributed by atoms with Crippen molar-refractivity contribution in [2.75, 3.05) is 0 Å². The van der Waals surface area contributed by atoms with Crippen LogP contribution in [0.2, 0.25) is 0 Å². The molecule has 0 heterocycles. The maximum Gasteiger partial charge on any atom is 0.0530 e. The molecular formula is C24H32N2Pd. The summed E-state index contributed by atoms with van der Waals surface area (Å²) >= 11 is 0. The van der Waals surface area contributed by atoms with Gasteiger partial charge in [-0.3, -0.25) is 0 Å². The van der Waals surface area contributed by atoms with Gasteiger partial charge in [0, 0.05) is 38.0 Å². The van der Waals surface area contributed by atoms with Gasteiger partial charge in [0.05, 0.1) is 5.71 Å². The quantitative estimate of drug-likeness (QED) is 0.266. The Morgan fingerprint density at radius 2 is 1.74 bits per heavy atom. The van der Waals surface area contributed by atoms with Gasteiger partial charge in [0.1, 0.15) is 0 Å². The van der Waals surface area contributed by atoms with Crippen LogP contribution in [-0.2, 0) is 20.4 Å². The molecule has 1 aromatic carbocycles. The summed E-state index contributed by atoms with van der Waals surface area (Å²) in [5, 5.41) is 16.3. The first kappa shape index (κ1) is 23.5. The number of hydrogen-bond donors (Lipinski definition) is 2. The van der Waals surface area contributed by atoms with E-state index in [4.69, 9.17) is 10.8 Å². The second kappa shape index (κ2) is 9.58. The Balaban J connectivity index is 0.00000364. The minimum absolute atomic E-state index is 0. The number of rotatable bonds is 7. The predicted octanol–water partition coefficient (Wildman–Crippen LogP) is 6.56. The van der Waals surface area contributed by atoms with Crippen LogP contribution in [0.4, 0.5) is 0 Å². The first-order chi connectivity index (χ1) is 12.2. The SMILES string of the molecule is C=CC1(CC(=N)C(C)=N)C(C(C)C)=CC(c2ccccc2)=CC1C(C)C.[Pd]. The maximum atomic E-state index is 8.36. The molecule has 148 valence electrons. The van der Waals surface area contributed by atoms with Crippen molar-refractivity contribution in [2.45, 2.75) is 41.0 Å². The number of allylic oxidation sites excluding steroid dienone is 5. The van der Waals surface area contributed by atoms with Crippen molar-refractivity contribution in [1.29, 1.82) is 10.8 Å². The Hall–Kier alpha value is -1.56. The van der Waals surface area contributed by atoms with E-state index >= 15 is 0 Å². The van der Waals surface area contributed by atoms with Crippen molar-refractivity contribution in [1.82, 2.24) is 0 Å². The molecular weight excluding hydrogens is 423 g/mol. The van der Waals surface area contributed by atoms with E-state index in [0.29, 0.717) is 29.7 Å². The molecule has 0 aliphatic heterocycles. The zero-order valence-electron chi connectivity index (χ0n) is 17.1. The largest absolute Gasteiger partial charge is 0.304 e. The zero-order valence-corrected chi connectivity index (χ0v) is 18.6. The van der Waals surface area contributed by atoms with Gasteiger partial charge in [0.15, 0.2) is 0 Å². The number of nitrogens with one attached hydrogen (secondary N) is 2.